The number of rotatable bonds is 8. The van der Waals surface area contributed by atoms with Crippen molar-refractivity contribution in [1.82, 2.24) is 10.0 Å². The number of carboxylic acids is 1. The number of sulfonamides is 1. The zero-order chi connectivity index (χ0) is 21.4. The van der Waals surface area contributed by atoms with E-state index in [-0.39, 0.29) is 10.8 Å². The molecule has 2 aromatic rings. The minimum Gasteiger partial charge on any atom is -0.480 e. The predicted octanol–water partition coefficient (Wildman–Crippen LogP) is 3.31. The van der Waals surface area contributed by atoms with Crippen LogP contribution < -0.4 is 10.0 Å². The summed E-state index contributed by atoms with van der Waals surface area (Å²) in [5, 5.41) is 11.5. The van der Waals surface area contributed by atoms with E-state index in [0.717, 1.165) is 0 Å². The molecule has 0 radical (unpaired) electrons. The summed E-state index contributed by atoms with van der Waals surface area (Å²) < 4.78 is 27.8. The number of amides is 2. The fourth-order valence-corrected chi connectivity index (χ4v) is 3.80. The number of aliphatic carboxylic acids is 1. The Kier molecular flexibility index (Phi) is 7.55. The van der Waals surface area contributed by atoms with Gasteiger partial charge >= 0.3 is 12.0 Å². The van der Waals surface area contributed by atoms with Crippen molar-refractivity contribution in [2.45, 2.75) is 26.3 Å². The van der Waals surface area contributed by atoms with Crippen LogP contribution in [0.5, 0.6) is 0 Å². The second-order valence-corrected chi connectivity index (χ2v) is 8.22. The Balaban J connectivity index is 2.34. The van der Waals surface area contributed by atoms with Crippen molar-refractivity contribution in [3.63, 3.8) is 0 Å². The summed E-state index contributed by atoms with van der Waals surface area (Å²) in [5.74, 6) is -1.59. The van der Waals surface area contributed by atoms with E-state index in [0.29, 0.717) is 17.5 Å². The number of benzene rings is 2. The van der Waals surface area contributed by atoms with Gasteiger partial charge in [-0.15, -0.1) is 0 Å². The Morgan fingerprint density at radius 1 is 1.03 bits per heavy atom. The summed E-state index contributed by atoms with van der Waals surface area (Å²) >= 11 is 0. The highest BCUT2D eigenvalue weighted by Crippen LogP contribution is 2.23. The lowest BCUT2D eigenvalue weighted by Gasteiger charge is -2.20. The molecule has 7 nitrogen and oxygen atoms in total. The Morgan fingerprint density at radius 3 is 2.10 bits per heavy atom. The Morgan fingerprint density at radius 2 is 1.59 bits per heavy atom. The third-order valence-electron chi connectivity index (χ3n) is 4.44. The normalized spacial score (nSPS) is 13.9. The smallest absolute Gasteiger partial charge is 0.329 e. The van der Waals surface area contributed by atoms with Gasteiger partial charge in [0.15, 0.2) is 0 Å². The van der Waals surface area contributed by atoms with E-state index in [1.807, 2.05) is 4.72 Å². The molecule has 29 heavy (non-hydrogen) atoms. The van der Waals surface area contributed by atoms with Gasteiger partial charge in [-0.3, -0.25) is 0 Å². The minimum atomic E-state index is -4.27. The zero-order valence-corrected chi connectivity index (χ0v) is 17.0. The molecule has 0 aromatic heterocycles. The number of hydrogen-bond acceptors (Lipinski definition) is 4. The number of nitrogens with one attached hydrogen (secondary N) is 2. The third-order valence-corrected chi connectivity index (χ3v) is 5.82. The van der Waals surface area contributed by atoms with Crippen LogP contribution in [0, 0.1) is 5.92 Å². The summed E-state index contributed by atoms with van der Waals surface area (Å²) in [4.78, 5) is 23.6. The summed E-state index contributed by atoms with van der Waals surface area (Å²) in [6.07, 6.45) is 1.96. The SMILES string of the molecule is CCC(C)C(NC(=O)NS(=O)(=O)/C(=C\c1ccccc1)c1ccccc1)C(=O)O. The fourth-order valence-electron chi connectivity index (χ4n) is 2.65. The molecule has 0 aliphatic heterocycles. The molecule has 2 aromatic carbocycles. The van der Waals surface area contributed by atoms with Gasteiger partial charge in [-0.1, -0.05) is 80.9 Å². The molecule has 154 valence electrons. The van der Waals surface area contributed by atoms with Crippen molar-refractivity contribution in [2.24, 2.45) is 5.92 Å². The molecule has 0 heterocycles. The molecule has 2 atom stereocenters. The van der Waals surface area contributed by atoms with E-state index in [1.54, 1.807) is 74.5 Å². The molecule has 0 spiro atoms. The van der Waals surface area contributed by atoms with Crippen LogP contribution in [0.2, 0.25) is 0 Å². The largest absolute Gasteiger partial charge is 0.480 e. The van der Waals surface area contributed by atoms with Gasteiger partial charge in [0.2, 0.25) is 0 Å². The van der Waals surface area contributed by atoms with Gasteiger partial charge in [0.05, 0.1) is 4.91 Å². The third kappa shape index (κ3) is 6.18. The van der Waals surface area contributed by atoms with Crippen LogP contribution in [0.3, 0.4) is 0 Å². The van der Waals surface area contributed by atoms with Crippen molar-refractivity contribution in [3.05, 3.63) is 71.8 Å². The van der Waals surface area contributed by atoms with Crippen LogP contribution in [0.25, 0.3) is 11.0 Å². The molecule has 2 amide bonds. The van der Waals surface area contributed by atoms with Gasteiger partial charge in [-0.25, -0.2) is 22.7 Å². The molecule has 0 bridgehead atoms. The number of carboxylic acid groups (broad SMARTS) is 1. The maximum Gasteiger partial charge on any atom is 0.329 e. The minimum absolute atomic E-state index is 0.102. The first-order valence-electron chi connectivity index (χ1n) is 9.13. The molecule has 2 rings (SSSR count). The first-order chi connectivity index (χ1) is 13.7. The zero-order valence-electron chi connectivity index (χ0n) is 16.2. The lowest BCUT2D eigenvalue weighted by Crippen LogP contribution is -2.50. The molecule has 0 saturated carbocycles. The average molecular weight is 416 g/mol. The first-order valence-corrected chi connectivity index (χ1v) is 10.6. The van der Waals surface area contributed by atoms with E-state index in [4.69, 9.17) is 0 Å². The highest BCUT2D eigenvalue weighted by atomic mass is 32.2. The second-order valence-electron chi connectivity index (χ2n) is 6.57. The highest BCUT2D eigenvalue weighted by molar-refractivity contribution is 7.99. The van der Waals surface area contributed by atoms with Crippen molar-refractivity contribution in [1.29, 1.82) is 0 Å². The van der Waals surface area contributed by atoms with Crippen molar-refractivity contribution in [3.8, 4) is 0 Å². The van der Waals surface area contributed by atoms with Crippen LogP contribution in [-0.4, -0.2) is 31.6 Å². The average Bonchev–Trinajstić information content (AvgIpc) is 2.70. The number of carbonyl (C=O) groups excluding carboxylic acids is 1. The van der Waals surface area contributed by atoms with Gasteiger partial charge in [-0.05, 0) is 23.1 Å². The van der Waals surface area contributed by atoms with E-state index in [1.165, 1.54) is 6.08 Å². The van der Waals surface area contributed by atoms with Crippen LogP contribution in [-0.2, 0) is 14.8 Å². The summed E-state index contributed by atoms with van der Waals surface area (Å²) in [5.41, 5.74) is 1.04. The maximum atomic E-state index is 12.9. The standard InChI is InChI=1S/C21H24N2O5S/c1-3-15(2)19(20(24)25)22-21(26)23-29(27,28)18(17-12-8-5-9-13-17)14-16-10-6-4-7-11-16/h4-15,19H,3H2,1-2H3,(H,24,25)(H2,22,23,26)/b18-14-. The molecule has 0 aliphatic carbocycles. The molecule has 0 fully saturated rings. The lowest BCUT2D eigenvalue weighted by molar-refractivity contribution is -0.140. The van der Waals surface area contributed by atoms with Crippen molar-refractivity contribution >= 4 is 33.0 Å². The molecule has 8 heteroatoms. The number of urea groups is 1. The van der Waals surface area contributed by atoms with Gasteiger partial charge in [0.25, 0.3) is 10.0 Å². The first kappa shape index (κ1) is 22.2. The molecule has 3 N–H and O–H groups in total. The van der Waals surface area contributed by atoms with E-state index in [2.05, 4.69) is 5.32 Å². The molecular weight excluding hydrogens is 392 g/mol. The predicted molar refractivity (Wildman–Crippen MR) is 112 cm³/mol. The van der Waals surface area contributed by atoms with Gasteiger partial charge in [0.1, 0.15) is 6.04 Å². The summed E-state index contributed by atoms with van der Waals surface area (Å²) in [7, 11) is -4.27. The van der Waals surface area contributed by atoms with Gasteiger partial charge < -0.3 is 10.4 Å². The summed E-state index contributed by atoms with van der Waals surface area (Å²) in [6.45, 7) is 3.45. The Hall–Kier alpha value is -3.13. The highest BCUT2D eigenvalue weighted by Gasteiger charge is 2.28. The Bertz CT molecular complexity index is 973. The molecule has 0 aliphatic rings. The van der Waals surface area contributed by atoms with Gasteiger partial charge in [-0.2, -0.15) is 0 Å². The topological polar surface area (TPSA) is 113 Å². The van der Waals surface area contributed by atoms with Crippen molar-refractivity contribution in [2.75, 3.05) is 0 Å². The second kappa shape index (κ2) is 9.88. The quantitative estimate of drug-likeness (QED) is 0.572. The molecule has 0 saturated heterocycles. The van der Waals surface area contributed by atoms with Gasteiger partial charge in [0, 0.05) is 0 Å². The molecular formula is C21H24N2O5S. The van der Waals surface area contributed by atoms with E-state index in [9.17, 15) is 23.1 Å². The van der Waals surface area contributed by atoms with Crippen LogP contribution in [0.15, 0.2) is 60.7 Å². The lowest BCUT2D eigenvalue weighted by atomic mass is 10.00. The van der Waals surface area contributed by atoms with Crippen molar-refractivity contribution < 1.29 is 23.1 Å². The molecule has 2 unspecified atom stereocenters. The fraction of sp³-hybridized carbons (Fsp3) is 0.238. The van der Waals surface area contributed by atoms with Crippen LogP contribution >= 0.6 is 0 Å². The van der Waals surface area contributed by atoms with Crippen LogP contribution in [0.4, 0.5) is 4.79 Å². The number of hydrogen-bond donors (Lipinski definition) is 3. The summed E-state index contributed by atoms with van der Waals surface area (Å²) in [6, 6.07) is 14.9. The van der Waals surface area contributed by atoms with Crippen LogP contribution in [0.1, 0.15) is 31.4 Å². The monoisotopic (exact) mass is 416 g/mol. The Labute approximate surface area is 170 Å². The maximum absolute atomic E-state index is 12.9. The van der Waals surface area contributed by atoms with E-state index >= 15 is 0 Å². The number of carbonyl (C=O) groups is 2. The van der Waals surface area contributed by atoms with E-state index < -0.39 is 28.1 Å².